The quantitative estimate of drug-likeness (QED) is 0.613. The number of hydrogen-bond donors (Lipinski definition) is 2. The fraction of sp³-hybridized carbons (Fsp3) is 0.0526. The van der Waals surface area contributed by atoms with Crippen molar-refractivity contribution in [3.05, 3.63) is 78.2 Å². The topological polar surface area (TPSA) is 84.5 Å². The van der Waals surface area contributed by atoms with E-state index >= 15 is 0 Å². The van der Waals surface area contributed by atoms with E-state index < -0.39 is 29.2 Å². The van der Waals surface area contributed by atoms with Gasteiger partial charge in [0.15, 0.2) is 5.76 Å². The van der Waals surface area contributed by atoms with Gasteiger partial charge < -0.3 is 19.5 Å². The minimum atomic E-state index is -4.75. The maximum atomic E-state index is 13.4. The van der Waals surface area contributed by atoms with E-state index in [0.29, 0.717) is 5.76 Å². The lowest BCUT2D eigenvalue weighted by atomic mass is 10.1. The fourth-order valence-corrected chi connectivity index (χ4v) is 2.28. The number of carbonyl (C=O) groups excluding carboxylic acids is 2. The molecule has 1 aromatic carbocycles. The maximum absolute atomic E-state index is 13.4. The van der Waals surface area contributed by atoms with Gasteiger partial charge in [-0.1, -0.05) is 0 Å². The highest BCUT2D eigenvalue weighted by atomic mass is 19.4. The van der Waals surface area contributed by atoms with Gasteiger partial charge in [0, 0.05) is 11.8 Å². The highest BCUT2D eigenvalue weighted by Crippen LogP contribution is 2.36. The number of alkyl halides is 3. The zero-order valence-corrected chi connectivity index (χ0v) is 14.1. The van der Waals surface area contributed by atoms with E-state index in [2.05, 4.69) is 10.6 Å². The molecule has 0 aliphatic heterocycles. The Morgan fingerprint density at radius 1 is 0.964 bits per heavy atom. The van der Waals surface area contributed by atoms with Crippen molar-refractivity contribution in [2.75, 3.05) is 10.6 Å². The molecule has 3 rings (SSSR count). The van der Waals surface area contributed by atoms with Crippen LogP contribution in [0.15, 0.2) is 69.9 Å². The van der Waals surface area contributed by atoms with Gasteiger partial charge in [-0.15, -0.1) is 0 Å². The lowest BCUT2D eigenvalue weighted by Gasteiger charge is -2.15. The van der Waals surface area contributed by atoms with Crippen LogP contribution in [-0.4, -0.2) is 11.8 Å². The van der Waals surface area contributed by atoms with Crippen molar-refractivity contribution in [2.45, 2.75) is 6.18 Å². The Bertz CT molecular complexity index is 991. The summed E-state index contributed by atoms with van der Waals surface area (Å²) in [5.74, 6) is -1.14. The predicted octanol–water partition coefficient (Wildman–Crippen LogP) is 4.80. The average molecular weight is 390 g/mol. The summed E-state index contributed by atoms with van der Waals surface area (Å²) in [5.41, 5.74) is -1.65. The van der Waals surface area contributed by atoms with Crippen LogP contribution in [0.25, 0.3) is 6.08 Å². The number of amides is 2. The number of nitrogens with one attached hydrogen (secondary N) is 2. The van der Waals surface area contributed by atoms with Crippen LogP contribution in [0.3, 0.4) is 0 Å². The van der Waals surface area contributed by atoms with Gasteiger partial charge in [-0.25, -0.2) is 0 Å². The Morgan fingerprint density at radius 2 is 1.71 bits per heavy atom. The first-order valence-electron chi connectivity index (χ1n) is 7.91. The second kappa shape index (κ2) is 7.87. The Morgan fingerprint density at radius 3 is 2.36 bits per heavy atom. The Labute approximate surface area is 156 Å². The van der Waals surface area contributed by atoms with Crippen molar-refractivity contribution in [1.29, 1.82) is 0 Å². The van der Waals surface area contributed by atoms with Gasteiger partial charge in [-0.3, -0.25) is 9.59 Å². The van der Waals surface area contributed by atoms with Crippen LogP contribution in [0.5, 0.6) is 0 Å². The lowest BCUT2D eigenvalue weighted by Crippen LogP contribution is -2.16. The van der Waals surface area contributed by atoms with Crippen LogP contribution in [0.1, 0.15) is 21.9 Å². The van der Waals surface area contributed by atoms with Gasteiger partial charge in [0.1, 0.15) is 5.76 Å². The molecule has 2 amide bonds. The van der Waals surface area contributed by atoms with E-state index in [4.69, 9.17) is 8.83 Å². The van der Waals surface area contributed by atoms with Gasteiger partial charge in [-0.2, -0.15) is 13.2 Å². The number of hydrogen-bond acceptors (Lipinski definition) is 4. The number of halogens is 3. The van der Waals surface area contributed by atoms with Crippen LogP contribution in [0, 0.1) is 0 Å². The maximum Gasteiger partial charge on any atom is 0.418 e. The number of carbonyl (C=O) groups is 2. The number of anilines is 2. The summed E-state index contributed by atoms with van der Waals surface area (Å²) in [4.78, 5) is 23.8. The molecule has 3 aromatic rings. The highest BCUT2D eigenvalue weighted by Gasteiger charge is 2.34. The van der Waals surface area contributed by atoms with Crippen LogP contribution >= 0.6 is 0 Å². The first-order valence-corrected chi connectivity index (χ1v) is 7.91. The van der Waals surface area contributed by atoms with Gasteiger partial charge in [-0.05, 0) is 48.5 Å². The molecule has 0 atom stereocenters. The number of rotatable bonds is 5. The van der Waals surface area contributed by atoms with Crippen LogP contribution in [0.2, 0.25) is 0 Å². The second-order valence-electron chi connectivity index (χ2n) is 5.53. The molecular weight excluding hydrogens is 377 g/mol. The second-order valence-corrected chi connectivity index (χ2v) is 5.53. The molecule has 0 radical (unpaired) electrons. The SMILES string of the molecule is O=C(/C=C/c1ccco1)Nc1ccc(NC(=O)c2ccco2)cc1C(F)(F)F. The largest absolute Gasteiger partial charge is 0.465 e. The van der Waals surface area contributed by atoms with Crippen molar-refractivity contribution in [3.8, 4) is 0 Å². The van der Waals surface area contributed by atoms with Gasteiger partial charge in [0.05, 0.1) is 23.8 Å². The summed E-state index contributed by atoms with van der Waals surface area (Å²) < 4.78 is 50.0. The minimum Gasteiger partial charge on any atom is -0.465 e. The van der Waals surface area contributed by atoms with Crippen molar-refractivity contribution in [2.24, 2.45) is 0 Å². The predicted molar refractivity (Wildman–Crippen MR) is 94.5 cm³/mol. The summed E-state index contributed by atoms with van der Waals surface area (Å²) in [6, 6.07) is 9.06. The van der Waals surface area contributed by atoms with E-state index in [9.17, 15) is 22.8 Å². The van der Waals surface area contributed by atoms with E-state index in [1.807, 2.05) is 0 Å². The molecule has 9 heteroatoms. The molecule has 0 aliphatic rings. The molecule has 144 valence electrons. The Kier molecular flexibility index (Phi) is 5.35. The van der Waals surface area contributed by atoms with Crippen molar-refractivity contribution >= 4 is 29.3 Å². The first kappa shape index (κ1) is 19.0. The lowest BCUT2D eigenvalue weighted by molar-refractivity contribution is -0.136. The van der Waals surface area contributed by atoms with Gasteiger partial charge in [0.25, 0.3) is 5.91 Å². The third-order valence-electron chi connectivity index (χ3n) is 3.53. The fourth-order valence-electron chi connectivity index (χ4n) is 2.28. The molecular formula is C19H13F3N2O4. The van der Waals surface area contributed by atoms with Crippen molar-refractivity contribution in [1.82, 2.24) is 0 Å². The van der Waals surface area contributed by atoms with Gasteiger partial charge >= 0.3 is 6.18 Å². The van der Waals surface area contributed by atoms with Crippen molar-refractivity contribution in [3.63, 3.8) is 0 Å². The summed E-state index contributed by atoms with van der Waals surface area (Å²) in [7, 11) is 0. The van der Waals surface area contributed by atoms with E-state index in [-0.39, 0.29) is 11.4 Å². The molecule has 0 bridgehead atoms. The van der Waals surface area contributed by atoms with Gasteiger partial charge in [0.2, 0.25) is 5.91 Å². The van der Waals surface area contributed by atoms with E-state index in [1.165, 1.54) is 36.8 Å². The van der Waals surface area contributed by atoms with Crippen LogP contribution < -0.4 is 10.6 Å². The molecule has 0 saturated carbocycles. The third kappa shape index (κ3) is 4.70. The molecule has 0 aliphatic carbocycles. The molecule has 2 aromatic heterocycles. The smallest absolute Gasteiger partial charge is 0.418 e. The summed E-state index contributed by atoms with van der Waals surface area (Å²) in [6.45, 7) is 0. The number of benzene rings is 1. The molecule has 28 heavy (non-hydrogen) atoms. The van der Waals surface area contributed by atoms with Crippen LogP contribution in [0.4, 0.5) is 24.5 Å². The highest BCUT2D eigenvalue weighted by molar-refractivity contribution is 6.04. The first-order chi connectivity index (χ1) is 13.3. The Balaban J connectivity index is 1.79. The molecule has 0 unspecified atom stereocenters. The molecule has 0 saturated heterocycles. The standard InChI is InChI=1S/C19H13F3N2O4/c20-19(21,22)14-11-12(23-18(26)16-4-2-10-28-16)5-7-15(14)24-17(25)8-6-13-3-1-9-27-13/h1-11H,(H,23,26)(H,24,25)/b8-6+. The molecule has 2 N–H and O–H groups in total. The Hall–Kier alpha value is -3.75. The third-order valence-corrected chi connectivity index (χ3v) is 3.53. The molecule has 2 heterocycles. The van der Waals surface area contributed by atoms with E-state index in [1.54, 1.807) is 12.1 Å². The molecule has 0 fully saturated rings. The van der Waals surface area contributed by atoms with Crippen LogP contribution in [-0.2, 0) is 11.0 Å². The molecule has 6 nitrogen and oxygen atoms in total. The summed E-state index contributed by atoms with van der Waals surface area (Å²) in [6.07, 6.45) is 0.283. The molecule has 0 spiro atoms. The minimum absolute atomic E-state index is 0.0472. The summed E-state index contributed by atoms with van der Waals surface area (Å²) in [5, 5.41) is 4.48. The monoisotopic (exact) mass is 390 g/mol. The normalized spacial score (nSPS) is 11.5. The summed E-state index contributed by atoms with van der Waals surface area (Å²) >= 11 is 0. The van der Waals surface area contributed by atoms with Crippen molar-refractivity contribution < 1.29 is 31.6 Å². The number of furan rings is 2. The zero-order valence-electron chi connectivity index (χ0n) is 14.1. The van der Waals surface area contributed by atoms with E-state index in [0.717, 1.165) is 18.2 Å². The zero-order chi connectivity index (χ0) is 20.1. The average Bonchev–Trinajstić information content (AvgIpc) is 3.34.